The number of halogens is 1. The highest BCUT2D eigenvalue weighted by molar-refractivity contribution is 5.99. The van der Waals surface area contributed by atoms with Gasteiger partial charge in [-0.15, -0.1) is 6.42 Å². The van der Waals surface area contributed by atoms with Gasteiger partial charge in [-0.05, 0) is 35.9 Å². The zero-order valence-corrected chi connectivity index (χ0v) is 16.2. The maximum absolute atomic E-state index is 13.8. The summed E-state index contributed by atoms with van der Waals surface area (Å²) in [6.07, 6.45) is 5.24. The monoisotopic (exact) mass is 398 g/mol. The fourth-order valence-electron chi connectivity index (χ4n) is 3.11. The second-order valence-electron chi connectivity index (χ2n) is 6.42. The van der Waals surface area contributed by atoms with Gasteiger partial charge in [0.1, 0.15) is 12.4 Å². The largest absolute Gasteiger partial charge is 0.493 e. The number of ether oxygens (including phenoxy) is 3. The first kappa shape index (κ1) is 20.5. The highest BCUT2D eigenvalue weighted by Gasteiger charge is 2.19. The van der Waals surface area contributed by atoms with Crippen LogP contribution >= 0.6 is 0 Å². The predicted octanol–water partition coefficient (Wildman–Crippen LogP) is 2.61. The van der Waals surface area contributed by atoms with E-state index in [4.69, 9.17) is 20.6 Å². The van der Waals surface area contributed by atoms with Crippen LogP contribution in [-0.4, -0.2) is 45.9 Å². The van der Waals surface area contributed by atoms with Crippen molar-refractivity contribution >= 4 is 11.6 Å². The zero-order valence-electron chi connectivity index (χ0n) is 16.2. The minimum absolute atomic E-state index is 0.109. The molecule has 1 aliphatic rings. The summed E-state index contributed by atoms with van der Waals surface area (Å²) >= 11 is 0. The summed E-state index contributed by atoms with van der Waals surface area (Å²) in [4.78, 5) is 14.8. The van der Waals surface area contributed by atoms with Crippen LogP contribution in [0.4, 0.5) is 10.1 Å². The van der Waals surface area contributed by atoms with E-state index in [2.05, 4.69) is 11.2 Å². The number of methoxy groups -OCH3 is 1. The van der Waals surface area contributed by atoms with Crippen molar-refractivity contribution in [1.29, 1.82) is 0 Å². The molecule has 29 heavy (non-hydrogen) atoms. The van der Waals surface area contributed by atoms with Gasteiger partial charge in [-0.25, -0.2) is 4.39 Å². The molecule has 0 aliphatic carbocycles. The van der Waals surface area contributed by atoms with Crippen LogP contribution < -0.4 is 19.7 Å². The Morgan fingerprint density at radius 3 is 2.76 bits per heavy atom. The SMILES string of the molecule is C#CCOc1cc(CNC(=O)c2cc(F)ccc2N2CCOCC2)ccc1OC. The van der Waals surface area contributed by atoms with Crippen LogP contribution in [0.3, 0.4) is 0 Å². The van der Waals surface area contributed by atoms with Gasteiger partial charge >= 0.3 is 0 Å². The fourth-order valence-corrected chi connectivity index (χ4v) is 3.11. The lowest BCUT2D eigenvalue weighted by Crippen LogP contribution is -2.38. The van der Waals surface area contributed by atoms with Crippen molar-refractivity contribution < 1.29 is 23.4 Å². The molecule has 0 aromatic heterocycles. The summed E-state index contributed by atoms with van der Waals surface area (Å²) < 4.78 is 29.9. The Morgan fingerprint density at radius 1 is 1.24 bits per heavy atom. The minimum Gasteiger partial charge on any atom is -0.493 e. The van der Waals surface area contributed by atoms with E-state index in [1.165, 1.54) is 19.2 Å². The molecule has 6 nitrogen and oxygen atoms in total. The Kier molecular flexibility index (Phi) is 6.93. The number of rotatable bonds is 7. The van der Waals surface area contributed by atoms with Crippen molar-refractivity contribution in [1.82, 2.24) is 5.32 Å². The van der Waals surface area contributed by atoms with Gasteiger partial charge in [0.25, 0.3) is 5.91 Å². The van der Waals surface area contributed by atoms with Crippen molar-refractivity contribution in [3.05, 3.63) is 53.3 Å². The molecule has 1 heterocycles. The van der Waals surface area contributed by atoms with Crippen LogP contribution in [0.2, 0.25) is 0 Å². The van der Waals surface area contributed by atoms with E-state index in [-0.39, 0.29) is 19.1 Å². The van der Waals surface area contributed by atoms with Crippen LogP contribution in [0.25, 0.3) is 0 Å². The van der Waals surface area contributed by atoms with Crippen LogP contribution in [0.15, 0.2) is 36.4 Å². The molecule has 0 bridgehead atoms. The molecule has 0 unspecified atom stereocenters. The number of amides is 1. The average molecular weight is 398 g/mol. The number of carbonyl (C=O) groups excluding carboxylic acids is 1. The number of morpholine rings is 1. The molecule has 1 amide bonds. The van der Waals surface area contributed by atoms with E-state index in [0.717, 1.165) is 5.56 Å². The van der Waals surface area contributed by atoms with Crippen LogP contribution in [0.1, 0.15) is 15.9 Å². The number of nitrogens with one attached hydrogen (secondary N) is 1. The summed E-state index contributed by atoms with van der Waals surface area (Å²) in [5.41, 5.74) is 1.79. The van der Waals surface area contributed by atoms with Crippen molar-refractivity contribution in [2.75, 3.05) is 44.9 Å². The van der Waals surface area contributed by atoms with Gasteiger partial charge in [0.05, 0.1) is 25.9 Å². The summed E-state index contributed by atoms with van der Waals surface area (Å²) in [5.74, 6) is 2.64. The Bertz CT molecular complexity index is 904. The number of benzene rings is 2. The molecule has 152 valence electrons. The first-order valence-corrected chi connectivity index (χ1v) is 9.26. The van der Waals surface area contributed by atoms with E-state index in [9.17, 15) is 9.18 Å². The Hall–Kier alpha value is -3.24. The van der Waals surface area contributed by atoms with Crippen LogP contribution in [-0.2, 0) is 11.3 Å². The Balaban J connectivity index is 1.74. The van der Waals surface area contributed by atoms with Crippen LogP contribution in [0, 0.1) is 18.2 Å². The number of anilines is 1. The molecule has 1 aliphatic heterocycles. The molecule has 0 atom stereocenters. The second-order valence-corrected chi connectivity index (χ2v) is 6.42. The molecular weight excluding hydrogens is 375 g/mol. The third-order valence-corrected chi connectivity index (χ3v) is 4.55. The van der Waals surface area contributed by atoms with E-state index < -0.39 is 5.82 Å². The van der Waals surface area contributed by atoms with E-state index >= 15 is 0 Å². The number of hydrogen-bond acceptors (Lipinski definition) is 5. The van der Waals surface area contributed by atoms with Gasteiger partial charge in [-0.3, -0.25) is 4.79 Å². The fraction of sp³-hybridized carbons (Fsp3) is 0.318. The standard InChI is InChI=1S/C22H23FN2O4/c1-3-10-29-21-13-16(4-7-20(21)27-2)15-24-22(26)18-14-17(23)5-6-19(18)25-8-11-28-12-9-25/h1,4-7,13-14H,8-12,15H2,2H3,(H,24,26). The highest BCUT2D eigenvalue weighted by atomic mass is 19.1. The zero-order chi connectivity index (χ0) is 20.6. The topological polar surface area (TPSA) is 60.0 Å². The number of nitrogens with zero attached hydrogens (tertiary/aromatic N) is 1. The summed E-state index contributed by atoms with van der Waals surface area (Å²) in [7, 11) is 1.54. The van der Waals surface area contributed by atoms with E-state index in [1.807, 2.05) is 11.0 Å². The molecule has 0 saturated carbocycles. The van der Waals surface area contributed by atoms with Crippen molar-refractivity contribution in [3.8, 4) is 23.8 Å². The van der Waals surface area contributed by atoms with E-state index in [0.29, 0.717) is 49.1 Å². The molecule has 0 spiro atoms. The molecule has 2 aromatic rings. The summed E-state index contributed by atoms with van der Waals surface area (Å²) in [6.45, 7) is 2.81. The Morgan fingerprint density at radius 2 is 2.03 bits per heavy atom. The predicted molar refractivity (Wildman–Crippen MR) is 108 cm³/mol. The third kappa shape index (κ3) is 5.18. The first-order chi connectivity index (χ1) is 14.1. The van der Waals surface area contributed by atoms with Crippen molar-refractivity contribution in [2.45, 2.75) is 6.54 Å². The molecule has 3 rings (SSSR count). The molecule has 1 N–H and O–H groups in total. The lowest BCUT2D eigenvalue weighted by molar-refractivity contribution is 0.0949. The minimum atomic E-state index is -0.457. The van der Waals surface area contributed by atoms with Gasteiger partial charge in [0.2, 0.25) is 0 Å². The maximum atomic E-state index is 13.8. The molecule has 1 fully saturated rings. The highest BCUT2D eigenvalue weighted by Crippen LogP contribution is 2.28. The number of carbonyl (C=O) groups is 1. The lowest BCUT2D eigenvalue weighted by atomic mass is 10.1. The van der Waals surface area contributed by atoms with Gasteiger partial charge < -0.3 is 24.4 Å². The smallest absolute Gasteiger partial charge is 0.253 e. The first-order valence-electron chi connectivity index (χ1n) is 9.26. The normalized spacial score (nSPS) is 13.5. The number of terminal acetylenes is 1. The van der Waals surface area contributed by atoms with Gasteiger partial charge in [0.15, 0.2) is 11.5 Å². The van der Waals surface area contributed by atoms with Crippen LogP contribution in [0.5, 0.6) is 11.5 Å². The maximum Gasteiger partial charge on any atom is 0.253 e. The third-order valence-electron chi connectivity index (χ3n) is 4.55. The van der Waals surface area contributed by atoms with Crippen molar-refractivity contribution in [2.24, 2.45) is 0 Å². The molecule has 7 heteroatoms. The number of hydrogen-bond donors (Lipinski definition) is 1. The molecule has 1 saturated heterocycles. The molecule has 2 aromatic carbocycles. The second kappa shape index (κ2) is 9.80. The van der Waals surface area contributed by atoms with Gasteiger partial charge in [0, 0.05) is 25.3 Å². The van der Waals surface area contributed by atoms with Crippen molar-refractivity contribution in [3.63, 3.8) is 0 Å². The summed E-state index contributed by atoms with van der Waals surface area (Å²) in [5, 5.41) is 2.84. The lowest BCUT2D eigenvalue weighted by Gasteiger charge is -2.30. The summed E-state index contributed by atoms with van der Waals surface area (Å²) in [6, 6.07) is 9.57. The van der Waals surface area contributed by atoms with E-state index in [1.54, 1.807) is 18.2 Å². The quantitative estimate of drug-likeness (QED) is 0.727. The molecular formula is C22H23FN2O4. The Labute approximate surface area is 169 Å². The molecule has 0 radical (unpaired) electrons. The van der Waals surface area contributed by atoms with Gasteiger partial charge in [-0.1, -0.05) is 12.0 Å². The van der Waals surface area contributed by atoms with Gasteiger partial charge in [-0.2, -0.15) is 0 Å². The average Bonchev–Trinajstić information content (AvgIpc) is 2.76.